The van der Waals surface area contributed by atoms with E-state index in [1.165, 1.54) is 7.11 Å². The maximum atomic E-state index is 12.1. The van der Waals surface area contributed by atoms with Gasteiger partial charge in [0.2, 0.25) is 5.76 Å². The van der Waals surface area contributed by atoms with Crippen LogP contribution in [0.4, 0.5) is 0 Å². The van der Waals surface area contributed by atoms with Gasteiger partial charge in [-0.2, -0.15) is 0 Å². The molecule has 1 atom stereocenters. The Bertz CT molecular complexity index is 481. The van der Waals surface area contributed by atoms with Crippen LogP contribution in [0.2, 0.25) is 0 Å². The summed E-state index contributed by atoms with van der Waals surface area (Å²) in [4.78, 5) is 27.5. The molecule has 106 valence electrons. The summed E-state index contributed by atoms with van der Waals surface area (Å²) in [5.41, 5.74) is -0.136. The van der Waals surface area contributed by atoms with Gasteiger partial charge in [-0.1, -0.05) is 6.92 Å². The van der Waals surface area contributed by atoms with Crippen molar-refractivity contribution in [3.63, 3.8) is 0 Å². The Kier molecular flexibility index (Phi) is 4.69. The second-order valence-corrected chi connectivity index (χ2v) is 4.77. The topological polar surface area (TPSA) is 81.4 Å². The number of ether oxygens (including phenoxy) is 1. The average molecular weight is 268 g/mol. The predicted octanol–water partition coefficient (Wildman–Crippen LogP) is 1.75. The number of nitrogens with zero attached hydrogens (tertiary/aromatic N) is 1. The molecule has 1 rings (SSSR count). The molecule has 19 heavy (non-hydrogen) atoms. The highest BCUT2D eigenvalue weighted by Crippen LogP contribution is 2.17. The number of rotatable bonds is 5. The monoisotopic (exact) mass is 268 g/mol. The maximum absolute atomic E-state index is 12.1. The first-order chi connectivity index (χ1) is 8.81. The van der Waals surface area contributed by atoms with Crippen LogP contribution in [0.3, 0.4) is 0 Å². The van der Waals surface area contributed by atoms with Crippen LogP contribution in [0.1, 0.15) is 48.8 Å². The van der Waals surface area contributed by atoms with E-state index in [1.807, 2.05) is 6.92 Å². The second-order valence-electron chi connectivity index (χ2n) is 4.77. The highest BCUT2D eigenvalue weighted by Gasteiger charge is 2.30. The van der Waals surface area contributed by atoms with Gasteiger partial charge in [0, 0.05) is 12.5 Å². The molecule has 0 aliphatic carbocycles. The van der Waals surface area contributed by atoms with Crippen LogP contribution in [-0.2, 0) is 9.53 Å². The average Bonchev–Trinajstić information content (AvgIpc) is 2.68. The summed E-state index contributed by atoms with van der Waals surface area (Å²) < 4.78 is 9.90. The van der Waals surface area contributed by atoms with Crippen LogP contribution in [0, 0.1) is 13.8 Å². The first kappa shape index (κ1) is 15.2. The minimum atomic E-state index is -0.669. The number of nitrogens with one attached hydrogen (secondary N) is 1. The zero-order valence-corrected chi connectivity index (χ0v) is 12.0. The van der Waals surface area contributed by atoms with Gasteiger partial charge in [-0.25, -0.2) is 4.98 Å². The van der Waals surface area contributed by atoms with E-state index in [9.17, 15) is 9.59 Å². The number of hydrogen-bond donors (Lipinski definition) is 1. The molecule has 0 aromatic carbocycles. The summed E-state index contributed by atoms with van der Waals surface area (Å²) in [7, 11) is 1.32. The number of carbonyl (C=O) groups is 2. The van der Waals surface area contributed by atoms with Crippen LogP contribution >= 0.6 is 0 Å². The van der Waals surface area contributed by atoms with Gasteiger partial charge in [0.15, 0.2) is 5.89 Å². The lowest BCUT2D eigenvalue weighted by atomic mass is 9.94. The molecule has 1 amide bonds. The molecular weight excluding hydrogens is 248 g/mol. The number of esters is 1. The SMILES string of the molecule is CCC(C)(CC(=O)OC)NC(=O)c1oc(C)nc1C. The maximum Gasteiger partial charge on any atom is 0.307 e. The molecule has 1 aromatic heterocycles. The zero-order chi connectivity index (χ0) is 14.6. The van der Waals surface area contributed by atoms with Gasteiger partial charge in [0.25, 0.3) is 5.91 Å². The minimum absolute atomic E-state index is 0.109. The highest BCUT2D eigenvalue weighted by atomic mass is 16.5. The van der Waals surface area contributed by atoms with Gasteiger partial charge in [-0.15, -0.1) is 0 Å². The minimum Gasteiger partial charge on any atom is -0.469 e. The van der Waals surface area contributed by atoms with E-state index in [2.05, 4.69) is 15.0 Å². The quantitative estimate of drug-likeness (QED) is 0.823. The number of aryl methyl sites for hydroxylation is 2. The Hall–Kier alpha value is -1.85. The third-order valence-corrected chi connectivity index (χ3v) is 3.07. The van der Waals surface area contributed by atoms with E-state index in [0.29, 0.717) is 18.0 Å². The predicted molar refractivity (Wildman–Crippen MR) is 68.8 cm³/mol. The van der Waals surface area contributed by atoms with Crippen molar-refractivity contribution >= 4 is 11.9 Å². The third-order valence-electron chi connectivity index (χ3n) is 3.07. The fourth-order valence-electron chi connectivity index (χ4n) is 1.72. The lowest BCUT2D eigenvalue weighted by molar-refractivity contribution is -0.142. The van der Waals surface area contributed by atoms with Gasteiger partial charge in [-0.3, -0.25) is 9.59 Å². The molecule has 0 radical (unpaired) electrons. The molecule has 0 aliphatic heterocycles. The number of amides is 1. The highest BCUT2D eigenvalue weighted by molar-refractivity contribution is 5.93. The Labute approximate surface area is 112 Å². The first-order valence-electron chi connectivity index (χ1n) is 6.14. The molecule has 0 aliphatic rings. The van der Waals surface area contributed by atoms with Crippen LogP contribution < -0.4 is 5.32 Å². The lowest BCUT2D eigenvalue weighted by Crippen LogP contribution is -2.47. The summed E-state index contributed by atoms with van der Waals surface area (Å²) in [6, 6.07) is 0. The van der Waals surface area contributed by atoms with E-state index in [1.54, 1.807) is 20.8 Å². The molecule has 0 spiro atoms. The first-order valence-corrected chi connectivity index (χ1v) is 6.14. The number of oxazole rings is 1. The molecule has 0 fully saturated rings. The van der Waals surface area contributed by atoms with Crippen LogP contribution in [-0.4, -0.2) is 29.5 Å². The van der Waals surface area contributed by atoms with Crippen molar-refractivity contribution in [2.75, 3.05) is 7.11 Å². The molecule has 1 aromatic rings. The summed E-state index contributed by atoms with van der Waals surface area (Å²) in [6.07, 6.45) is 0.706. The lowest BCUT2D eigenvalue weighted by Gasteiger charge is -2.28. The van der Waals surface area contributed by atoms with Crippen molar-refractivity contribution in [2.45, 2.75) is 46.1 Å². The largest absolute Gasteiger partial charge is 0.469 e. The molecule has 0 saturated carbocycles. The van der Waals surface area contributed by atoms with Crippen LogP contribution in [0.15, 0.2) is 4.42 Å². The zero-order valence-electron chi connectivity index (χ0n) is 12.0. The Morgan fingerprint density at radius 1 is 1.42 bits per heavy atom. The van der Waals surface area contributed by atoms with Gasteiger partial charge in [0.1, 0.15) is 0 Å². The Morgan fingerprint density at radius 3 is 2.47 bits per heavy atom. The third kappa shape index (κ3) is 3.81. The summed E-state index contributed by atoms with van der Waals surface area (Å²) in [6.45, 7) is 7.06. The molecule has 1 unspecified atom stereocenters. The Balaban J connectivity index is 2.83. The number of methoxy groups -OCH3 is 1. The van der Waals surface area contributed by atoms with E-state index in [-0.39, 0.29) is 24.1 Å². The van der Waals surface area contributed by atoms with Crippen molar-refractivity contribution in [2.24, 2.45) is 0 Å². The van der Waals surface area contributed by atoms with Gasteiger partial charge in [0.05, 0.1) is 19.2 Å². The summed E-state index contributed by atoms with van der Waals surface area (Å²) in [5, 5.41) is 2.81. The molecule has 6 heteroatoms. The van der Waals surface area contributed by atoms with Crippen molar-refractivity contribution in [1.82, 2.24) is 10.3 Å². The molecule has 6 nitrogen and oxygen atoms in total. The van der Waals surface area contributed by atoms with Crippen LogP contribution in [0.5, 0.6) is 0 Å². The fourth-order valence-corrected chi connectivity index (χ4v) is 1.72. The summed E-state index contributed by atoms with van der Waals surface area (Å²) >= 11 is 0. The van der Waals surface area contributed by atoms with Crippen molar-refractivity contribution in [3.05, 3.63) is 17.3 Å². The molecular formula is C13H20N2O4. The van der Waals surface area contributed by atoms with E-state index in [4.69, 9.17) is 4.42 Å². The molecule has 1 heterocycles. The van der Waals surface area contributed by atoms with Gasteiger partial charge < -0.3 is 14.5 Å². The molecule has 1 N–H and O–H groups in total. The van der Waals surface area contributed by atoms with Crippen molar-refractivity contribution in [1.29, 1.82) is 0 Å². The van der Waals surface area contributed by atoms with E-state index in [0.717, 1.165) is 0 Å². The van der Waals surface area contributed by atoms with Crippen LogP contribution in [0.25, 0.3) is 0 Å². The second kappa shape index (κ2) is 5.86. The standard InChI is InChI=1S/C13H20N2O4/c1-6-13(4,7-10(16)18-5)15-12(17)11-8(2)14-9(3)19-11/h6-7H2,1-5H3,(H,15,17). The molecule has 0 bridgehead atoms. The Morgan fingerprint density at radius 2 is 2.05 bits per heavy atom. The van der Waals surface area contributed by atoms with Gasteiger partial charge in [-0.05, 0) is 20.3 Å². The van der Waals surface area contributed by atoms with Crippen molar-refractivity contribution < 1.29 is 18.7 Å². The van der Waals surface area contributed by atoms with Gasteiger partial charge >= 0.3 is 5.97 Å². The number of carbonyl (C=O) groups excluding carboxylic acids is 2. The van der Waals surface area contributed by atoms with E-state index < -0.39 is 5.54 Å². The van der Waals surface area contributed by atoms with Crippen molar-refractivity contribution in [3.8, 4) is 0 Å². The fraction of sp³-hybridized carbons (Fsp3) is 0.615. The van der Waals surface area contributed by atoms with E-state index >= 15 is 0 Å². The normalized spacial score (nSPS) is 13.7. The smallest absolute Gasteiger partial charge is 0.307 e. The summed E-state index contributed by atoms with van der Waals surface area (Å²) in [5.74, 6) is -0.114. The molecule has 0 saturated heterocycles. The number of aromatic nitrogens is 1. The number of hydrogen-bond acceptors (Lipinski definition) is 5.